The molecular formula is C19H28N2. The van der Waals surface area contributed by atoms with Gasteiger partial charge in [0.15, 0.2) is 0 Å². The van der Waals surface area contributed by atoms with E-state index in [2.05, 4.69) is 40.5 Å². The quantitative estimate of drug-likeness (QED) is 0.884. The Morgan fingerprint density at radius 1 is 0.857 bits per heavy atom. The summed E-state index contributed by atoms with van der Waals surface area (Å²) >= 11 is 0. The van der Waals surface area contributed by atoms with Gasteiger partial charge < -0.3 is 10.2 Å². The number of nitrogens with zero attached hydrogens (tertiary/aromatic N) is 1. The largest absolute Gasteiger partial charge is 0.371 e. The van der Waals surface area contributed by atoms with Gasteiger partial charge in [0.1, 0.15) is 0 Å². The summed E-state index contributed by atoms with van der Waals surface area (Å²) in [7, 11) is 0. The molecule has 1 atom stereocenters. The van der Waals surface area contributed by atoms with Gasteiger partial charge in [0.2, 0.25) is 0 Å². The zero-order chi connectivity index (χ0) is 14.1. The molecule has 0 aromatic heterocycles. The van der Waals surface area contributed by atoms with Crippen molar-refractivity contribution in [1.29, 1.82) is 0 Å². The van der Waals surface area contributed by atoms with E-state index in [1.165, 1.54) is 63.7 Å². The summed E-state index contributed by atoms with van der Waals surface area (Å²) in [5.74, 6) is 2.02. The first-order valence-corrected chi connectivity index (χ1v) is 8.96. The molecule has 1 aromatic carbocycles. The monoisotopic (exact) mass is 284 g/mol. The molecule has 21 heavy (non-hydrogen) atoms. The molecule has 1 N–H and O–H groups in total. The fourth-order valence-corrected chi connectivity index (χ4v) is 4.13. The second-order valence-corrected chi connectivity index (χ2v) is 7.32. The molecular weight excluding hydrogens is 256 g/mol. The van der Waals surface area contributed by atoms with E-state index in [4.69, 9.17) is 0 Å². The fourth-order valence-electron chi connectivity index (χ4n) is 4.13. The molecule has 0 bridgehead atoms. The molecule has 1 aromatic rings. The van der Waals surface area contributed by atoms with Crippen molar-refractivity contribution in [2.24, 2.45) is 11.8 Å². The van der Waals surface area contributed by atoms with Gasteiger partial charge in [-0.2, -0.15) is 0 Å². The Hall–Kier alpha value is -1.02. The molecule has 3 fully saturated rings. The van der Waals surface area contributed by atoms with Gasteiger partial charge in [0, 0.05) is 30.9 Å². The molecule has 2 aliphatic carbocycles. The van der Waals surface area contributed by atoms with Gasteiger partial charge >= 0.3 is 0 Å². The first kappa shape index (κ1) is 13.6. The van der Waals surface area contributed by atoms with Crippen LogP contribution in [-0.2, 0) is 0 Å². The lowest BCUT2D eigenvalue weighted by Crippen LogP contribution is -2.50. The minimum Gasteiger partial charge on any atom is -0.371 e. The lowest BCUT2D eigenvalue weighted by atomic mass is 9.77. The second kappa shape index (κ2) is 6.00. The number of nitrogens with one attached hydrogen (secondary N) is 1. The number of hydrogen-bond acceptors (Lipinski definition) is 2. The SMILES string of the molecule is c1ccc(N2CCC(NC(C3CCC3)C3CC3)CC2)cc1. The first-order chi connectivity index (χ1) is 10.4. The van der Waals surface area contributed by atoms with Gasteiger partial charge in [0.05, 0.1) is 0 Å². The minimum absolute atomic E-state index is 0.760. The van der Waals surface area contributed by atoms with E-state index in [1.807, 2.05) is 0 Å². The van der Waals surface area contributed by atoms with Crippen molar-refractivity contribution in [3.8, 4) is 0 Å². The maximum atomic E-state index is 4.07. The Morgan fingerprint density at radius 2 is 1.52 bits per heavy atom. The van der Waals surface area contributed by atoms with Gasteiger partial charge in [-0.05, 0) is 62.5 Å². The van der Waals surface area contributed by atoms with E-state index >= 15 is 0 Å². The lowest BCUT2D eigenvalue weighted by molar-refractivity contribution is 0.187. The summed E-state index contributed by atoms with van der Waals surface area (Å²) in [5.41, 5.74) is 1.40. The summed E-state index contributed by atoms with van der Waals surface area (Å²) < 4.78 is 0. The first-order valence-electron chi connectivity index (χ1n) is 8.96. The van der Waals surface area contributed by atoms with Crippen LogP contribution in [0.5, 0.6) is 0 Å². The smallest absolute Gasteiger partial charge is 0.0366 e. The molecule has 114 valence electrons. The highest BCUT2D eigenvalue weighted by atomic mass is 15.2. The van der Waals surface area contributed by atoms with Crippen molar-refractivity contribution in [2.75, 3.05) is 18.0 Å². The normalized spacial score (nSPS) is 25.6. The Labute approximate surface area is 128 Å². The standard InChI is InChI=1S/C19H28N2/c1-2-7-18(8-3-1)21-13-11-17(12-14-21)20-19(16-9-10-16)15-5-4-6-15/h1-3,7-8,15-17,19-20H,4-6,9-14H2. The van der Waals surface area contributed by atoms with Crippen LogP contribution in [0, 0.1) is 11.8 Å². The van der Waals surface area contributed by atoms with Crippen LogP contribution in [0.1, 0.15) is 44.9 Å². The Balaban J connectivity index is 1.30. The number of rotatable bonds is 5. The molecule has 1 saturated heterocycles. The van der Waals surface area contributed by atoms with Crippen LogP contribution >= 0.6 is 0 Å². The van der Waals surface area contributed by atoms with Gasteiger partial charge in [-0.1, -0.05) is 24.6 Å². The molecule has 0 amide bonds. The predicted molar refractivity (Wildman–Crippen MR) is 88.7 cm³/mol. The predicted octanol–water partition coefficient (Wildman–Crippen LogP) is 3.82. The second-order valence-electron chi connectivity index (χ2n) is 7.32. The Kier molecular flexibility index (Phi) is 3.89. The maximum Gasteiger partial charge on any atom is 0.0366 e. The molecule has 2 heteroatoms. The van der Waals surface area contributed by atoms with Crippen molar-refractivity contribution in [3.63, 3.8) is 0 Å². The highest BCUT2D eigenvalue weighted by Crippen LogP contribution is 2.42. The lowest BCUT2D eigenvalue weighted by Gasteiger charge is -2.40. The van der Waals surface area contributed by atoms with Crippen LogP contribution in [0.15, 0.2) is 30.3 Å². The van der Waals surface area contributed by atoms with Gasteiger partial charge in [-0.15, -0.1) is 0 Å². The molecule has 2 nitrogen and oxygen atoms in total. The molecule has 1 aliphatic heterocycles. The minimum atomic E-state index is 0.760. The van der Waals surface area contributed by atoms with Gasteiger partial charge in [-0.25, -0.2) is 0 Å². The van der Waals surface area contributed by atoms with Gasteiger partial charge in [0.25, 0.3) is 0 Å². The molecule has 2 saturated carbocycles. The average molecular weight is 284 g/mol. The molecule has 4 rings (SSSR count). The van der Waals surface area contributed by atoms with Crippen LogP contribution < -0.4 is 10.2 Å². The zero-order valence-corrected chi connectivity index (χ0v) is 13.0. The van der Waals surface area contributed by atoms with E-state index < -0.39 is 0 Å². The summed E-state index contributed by atoms with van der Waals surface area (Å²) in [6.45, 7) is 2.42. The maximum absolute atomic E-state index is 4.07. The third-order valence-corrected chi connectivity index (χ3v) is 5.83. The molecule has 1 unspecified atom stereocenters. The summed E-state index contributed by atoms with van der Waals surface area (Å²) in [6, 6.07) is 12.5. The fraction of sp³-hybridized carbons (Fsp3) is 0.684. The molecule has 0 radical (unpaired) electrons. The number of piperidine rings is 1. The van der Waals surface area contributed by atoms with Crippen molar-refractivity contribution >= 4 is 5.69 Å². The number of para-hydroxylation sites is 1. The van der Waals surface area contributed by atoms with E-state index in [1.54, 1.807) is 0 Å². The van der Waals surface area contributed by atoms with Crippen LogP contribution in [0.25, 0.3) is 0 Å². The molecule has 3 aliphatic rings. The number of hydrogen-bond donors (Lipinski definition) is 1. The Morgan fingerprint density at radius 3 is 2.10 bits per heavy atom. The van der Waals surface area contributed by atoms with E-state index in [-0.39, 0.29) is 0 Å². The highest BCUT2D eigenvalue weighted by molar-refractivity contribution is 5.46. The topological polar surface area (TPSA) is 15.3 Å². The van der Waals surface area contributed by atoms with Crippen LogP contribution in [0.3, 0.4) is 0 Å². The van der Waals surface area contributed by atoms with E-state index in [0.29, 0.717) is 0 Å². The highest BCUT2D eigenvalue weighted by Gasteiger charge is 2.39. The van der Waals surface area contributed by atoms with Crippen molar-refractivity contribution in [2.45, 2.75) is 57.0 Å². The van der Waals surface area contributed by atoms with E-state index in [9.17, 15) is 0 Å². The average Bonchev–Trinajstić information content (AvgIpc) is 3.31. The van der Waals surface area contributed by atoms with Crippen LogP contribution in [0.2, 0.25) is 0 Å². The molecule has 0 spiro atoms. The van der Waals surface area contributed by atoms with Crippen LogP contribution in [-0.4, -0.2) is 25.2 Å². The zero-order valence-electron chi connectivity index (χ0n) is 13.0. The number of anilines is 1. The summed E-state index contributed by atoms with van der Waals surface area (Å²) in [6.07, 6.45) is 10.0. The van der Waals surface area contributed by atoms with Crippen molar-refractivity contribution < 1.29 is 0 Å². The van der Waals surface area contributed by atoms with Crippen molar-refractivity contribution in [1.82, 2.24) is 5.32 Å². The summed E-state index contributed by atoms with van der Waals surface area (Å²) in [5, 5.41) is 4.07. The van der Waals surface area contributed by atoms with Crippen molar-refractivity contribution in [3.05, 3.63) is 30.3 Å². The number of benzene rings is 1. The third kappa shape index (κ3) is 3.11. The summed E-state index contributed by atoms with van der Waals surface area (Å²) in [4.78, 5) is 2.55. The molecule has 1 heterocycles. The van der Waals surface area contributed by atoms with E-state index in [0.717, 1.165) is 23.9 Å². The Bertz CT molecular complexity index is 442. The third-order valence-electron chi connectivity index (χ3n) is 5.83. The van der Waals surface area contributed by atoms with Gasteiger partial charge in [-0.3, -0.25) is 0 Å². The van der Waals surface area contributed by atoms with Crippen LogP contribution in [0.4, 0.5) is 5.69 Å².